The van der Waals surface area contributed by atoms with Crippen LogP contribution in [0.3, 0.4) is 0 Å². The van der Waals surface area contributed by atoms with Crippen LogP contribution < -0.4 is 10.6 Å². The maximum absolute atomic E-state index is 12.2. The Morgan fingerprint density at radius 3 is 2.35 bits per heavy atom. The van der Waals surface area contributed by atoms with Gasteiger partial charge in [-0.15, -0.1) is 0 Å². The van der Waals surface area contributed by atoms with Crippen LogP contribution in [0.25, 0.3) is 6.08 Å². The monoisotopic (exact) mass is 358 g/mol. The molecule has 1 heterocycles. The lowest BCUT2D eigenvalue weighted by Crippen LogP contribution is -2.55. The van der Waals surface area contributed by atoms with Gasteiger partial charge in [-0.3, -0.25) is 19.9 Å². The van der Waals surface area contributed by atoms with E-state index in [1.165, 1.54) is 5.56 Å². The fourth-order valence-corrected chi connectivity index (χ4v) is 2.92. The van der Waals surface area contributed by atoms with Gasteiger partial charge in [0, 0.05) is 38.8 Å². The lowest BCUT2D eigenvalue weighted by atomic mass is 10.2. The predicted octanol–water partition coefficient (Wildman–Crippen LogP) is 1.94. The first kappa shape index (κ1) is 20.1. The highest BCUT2D eigenvalue weighted by molar-refractivity contribution is 5.96. The number of urea groups is 1. The molecule has 1 aliphatic rings. The highest BCUT2D eigenvalue weighted by Gasteiger charge is 2.26. The number of piperazine rings is 1. The second kappa shape index (κ2) is 10.1. The van der Waals surface area contributed by atoms with E-state index in [2.05, 4.69) is 44.7 Å². The summed E-state index contributed by atoms with van der Waals surface area (Å²) in [5, 5.41) is 5.09. The van der Waals surface area contributed by atoms with E-state index >= 15 is 0 Å². The Labute approximate surface area is 156 Å². The lowest BCUT2D eigenvalue weighted by Gasteiger charge is -2.36. The van der Waals surface area contributed by atoms with Gasteiger partial charge in [0.2, 0.25) is 5.91 Å². The molecule has 0 aliphatic carbocycles. The summed E-state index contributed by atoms with van der Waals surface area (Å²) in [5.41, 5.74) is 1.20. The minimum atomic E-state index is -0.429. The summed E-state index contributed by atoms with van der Waals surface area (Å²) in [6.45, 7) is 9.93. The van der Waals surface area contributed by atoms with Crippen LogP contribution in [0, 0.1) is 0 Å². The number of amides is 3. The summed E-state index contributed by atoms with van der Waals surface area (Å²) in [4.78, 5) is 28.4. The first-order valence-corrected chi connectivity index (χ1v) is 9.25. The first-order chi connectivity index (χ1) is 12.5. The smallest absolute Gasteiger partial charge is 0.321 e. The summed E-state index contributed by atoms with van der Waals surface area (Å²) in [6, 6.07) is 9.52. The standard InChI is InChI=1S/C20H30N4O2/c1-16(2)21-20(26)22-19(25)17(3)24-14-12-23(13-15-24)11-7-10-18-8-5-4-6-9-18/h4-10,16-17H,11-15H2,1-3H3,(H2,21,22,25,26)/b10-7+/t17-/m0/s1. The van der Waals surface area contributed by atoms with Gasteiger partial charge in [-0.1, -0.05) is 42.5 Å². The summed E-state index contributed by atoms with van der Waals surface area (Å²) in [7, 11) is 0. The molecule has 0 bridgehead atoms. The van der Waals surface area contributed by atoms with Crippen molar-refractivity contribution in [3.05, 3.63) is 42.0 Å². The van der Waals surface area contributed by atoms with Crippen molar-refractivity contribution >= 4 is 18.0 Å². The molecule has 1 aliphatic heterocycles. The third-order valence-corrected chi connectivity index (χ3v) is 4.46. The number of imide groups is 1. The fourth-order valence-electron chi connectivity index (χ4n) is 2.92. The molecule has 0 aromatic heterocycles. The number of nitrogens with one attached hydrogen (secondary N) is 2. The van der Waals surface area contributed by atoms with Crippen LogP contribution in [0.2, 0.25) is 0 Å². The summed E-state index contributed by atoms with van der Waals surface area (Å²) < 4.78 is 0. The van der Waals surface area contributed by atoms with Crippen LogP contribution >= 0.6 is 0 Å². The molecular weight excluding hydrogens is 328 g/mol. The lowest BCUT2D eigenvalue weighted by molar-refractivity contribution is -0.125. The van der Waals surface area contributed by atoms with E-state index in [4.69, 9.17) is 0 Å². The minimum Gasteiger partial charge on any atom is -0.336 e. The molecule has 1 aromatic rings. The highest BCUT2D eigenvalue weighted by Crippen LogP contribution is 2.08. The van der Waals surface area contributed by atoms with E-state index < -0.39 is 6.03 Å². The van der Waals surface area contributed by atoms with Gasteiger partial charge in [-0.25, -0.2) is 4.79 Å². The van der Waals surface area contributed by atoms with Crippen molar-refractivity contribution in [1.29, 1.82) is 0 Å². The van der Waals surface area contributed by atoms with Gasteiger partial charge in [0.25, 0.3) is 0 Å². The molecule has 2 rings (SSSR count). The number of carbonyl (C=O) groups excluding carboxylic acids is 2. The molecular formula is C20H30N4O2. The van der Waals surface area contributed by atoms with E-state index in [9.17, 15) is 9.59 Å². The van der Waals surface area contributed by atoms with Gasteiger partial charge >= 0.3 is 6.03 Å². The molecule has 3 amide bonds. The second-order valence-corrected chi connectivity index (χ2v) is 6.94. The topological polar surface area (TPSA) is 64.7 Å². The SMILES string of the molecule is CC(C)NC(=O)NC(=O)[C@H](C)N1CCN(C/C=C/c2ccccc2)CC1. The molecule has 1 aromatic carbocycles. The average Bonchev–Trinajstić information content (AvgIpc) is 2.62. The maximum atomic E-state index is 12.2. The number of hydrogen-bond acceptors (Lipinski definition) is 4. The first-order valence-electron chi connectivity index (χ1n) is 9.25. The number of benzene rings is 1. The summed E-state index contributed by atoms with van der Waals surface area (Å²) >= 11 is 0. The predicted molar refractivity (Wildman–Crippen MR) is 105 cm³/mol. The van der Waals surface area contributed by atoms with Crippen LogP contribution in [0.15, 0.2) is 36.4 Å². The molecule has 0 unspecified atom stereocenters. The Bertz CT molecular complexity index is 607. The molecule has 1 atom stereocenters. The third kappa shape index (κ3) is 6.61. The maximum Gasteiger partial charge on any atom is 0.321 e. The Hall–Kier alpha value is -2.18. The van der Waals surface area contributed by atoms with Crippen molar-refractivity contribution in [1.82, 2.24) is 20.4 Å². The van der Waals surface area contributed by atoms with Gasteiger partial charge in [-0.05, 0) is 26.3 Å². The minimum absolute atomic E-state index is 0.00518. The van der Waals surface area contributed by atoms with Gasteiger partial charge in [0.05, 0.1) is 6.04 Å². The quantitative estimate of drug-likeness (QED) is 0.816. The van der Waals surface area contributed by atoms with E-state index in [0.29, 0.717) is 0 Å². The van der Waals surface area contributed by atoms with Crippen molar-refractivity contribution in [3.63, 3.8) is 0 Å². The van der Waals surface area contributed by atoms with E-state index in [1.54, 1.807) is 0 Å². The molecule has 0 spiro atoms. The number of hydrogen-bond donors (Lipinski definition) is 2. The molecule has 0 radical (unpaired) electrons. The normalized spacial score (nSPS) is 17.4. The number of rotatable bonds is 6. The van der Waals surface area contributed by atoms with Crippen LogP contribution in [-0.2, 0) is 4.79 Å². The fraction of sp³-hybridized carbons (Fsp3) is 0.500. The second-order valence-electron chi connectivity index (χ2n) is 6.94. The Morgan fingerprint density at radius 2 is 1.73 bits per heavy atom. The van der Waals surface area contributed by atoms with Crippen molar-refractivity contribution < 1.29 is 9.59 Å². The molecule has 1 fully saturated rings. The van der Waals surface area contributed by atoms with Crippen LogP contribution in [0.4, 0.5) is 4.79 Å². The van der Waals surface area contributed by atoms with Crippen molar-refractivity contribution in [2.24, 2.45) is 0 Å². The van der Waals surface area contributed by atoms with Crippen molar-refractivity contribution in [3.8, 4) is 0 Å². The highest BCUT2D eigenvalue weighted by atomic mass is 16.2. The summed E-state index contributed by atoms with van der Waals surface area (Å²) in [6.07, 6.45) is 4.31. The van der Waals surface area contributed by atoms with Crippen LogP contribution in [0.1, 0.15) is 26.3 Å². The third-order valence-electron chi connectivity index (χ3n) is 4.46. The van der Waals surface area contributed by atoms with Gasteiger partial charge in [0.1, 0.15) is 0 Å². The molecule has 26 heavy (non-hydrogen) atoms. The number of nitrogens with zero attached hydrogens (tertiary/aromatic N) is 2. The number of carbonyl (C=O) groups is 2. The Balaban J connectivity index is 1.72. The summed E-state index contributed by atoms with van der Waals surface area (Å²) in [5.74, 6) is -0.249. The van der Waals surface area contributed by atoms with Crippen molar-refractivity contribution in [2.45, 2.75) is 32.9 Å². The zero-order chi connectivity index (χ0) is 18.9. The zero-order valence-electron chi connectivity index (χ0n) is 15.9. The van der Waals surface area contributed by atoms with E-state index in [0.717, 1.165) is 32.7 Å². The largest absolute Gasteiger partial charge is 0.336 e. The Kier molecular flexibility index (Phi) is 7.81. The molecule has 2 N–H and O–H groups in total. The van der Waals surface area contributed by atoms with Crippen molar-refractivity contribution in [2.75, 3.05) is 32.7 Å². The van der Waals surface area contributed by atoms with E-state index in [-0.39, 0.29) is 18.0 Å². The molecule has 6 heteroatoms. The Morgan fingerprint density at radius 1 is 1.08 bits per heavy atom. The zero-order valence-corrected chi connectivity index (χ0v) is 15.9. The van der Waals surface area contributed by atoms with E-state index in [1.807, 2.05) is 39.0 Å². The molecule has 6 nitrogen and oxygen atoms in total. The molecule has 0 saturated carbocycles. The van der Waals surface area contributed by atoms with Gasteiger partial charge in [0.15, 0.2) is 0 Å². The van der Waals surface area contributed by atoms with Crippen LogP contribution in [-0.4, -0.2) is 66.5 Å². The molecule has 1 saturated heterocycles. The average molecular weight is 358 g/mol. The molecule has 142 valence electrons. The van der Waals surface area contributed by atoms with Gasteiger partial charge in [-0.2, -0.15) is 0 Å². The van der Waals surface area contributed by atoms with Gasteiger partial charge < -0.3 is 5.32 Å². The van der Waals surface area contributed by atoms with Crippen LogP contribution in [0.5, 0.6) is 0 Å².